The minimum Gasteiger partial charge on any atom is -0.418 e. The van der Waals surface area contributed by atoms with Gasteiger partial charge in [-0.2, -0.15) is 0 Å². The van der Waals surface area contributed by atoms with Crippen molar-refractivity contribution >= 4 is 17.8 Å². The summed E-state index contributed by atoms with van der Waals surface area (Å²) in [5.41, 5.74) is 0.802. The molecule has 0 saturated carbocycles. The molecule has 0 heterocycles. The third kappa shape index (κ3) is 4.73. The highest BCUT2D eigenvalue weighted by molar-refractivity contribution is 6.17. The molecule has 0 aliphatic heterocycles. The molecule has 19 heavy (non-hydrogen) atoms. The summed E-state index contributed by atoms with van der Waals surface area (Å²) in [5.74, 6) is 0.504. The molecule has 1 aromatic rings. The van der Waals surface area contributed by atoms with Gasteiger partial charge in [-0.1, -0.05) is 43.6 Å². The molecular weight excluding hydrogens is 266 g/mol. The Morgan fingerprint density at radius 2 is 1.95 bits per heavy atom. The molecule has 1 rings (SSSR count). The molecule has 5 heteroatoms. The van der Waals surface area contributed by atoms with Crippen LogP contribution in [-0.2, 0) is 10.2 Å². The molecule has 0 fully saturated rings. The lowest BCUT2D eigenvalue weighted by atomic mass is 9.83. The molecule has 0 amide bonds. The van der Waals surface area contributed by atoms with E-state index in [1.54, 1.807) is 6.07 Å². The zero-order valence-corrected chi connectivity index (χ0v) is 12.5. The molecule has 0 aliphatic carbocycles. The quantitative estimate of drug-likeness (QED) is 0.473. The maximum absolute atomic E-state index is 11.4. The number of nitrogens with zero attached hydrogens (tertiary/aromatic N) is 1. The molecule has 0 saturated heterocycles. The second kappa shape index (κ2) is 6.78. The van der Waals surface area contributed by atoms with Crippen LogP contribution in [0, 0.1) is 0 Å². The van der Waals surface area contributed by atoms with E-state index in [4.69, 9.17) is 16.3 Å². The predicted molar refractivity (Wildman–Crippen MR) is 75.9 cm³/mol. The van der Waals surface area contributed by atoms with Crippen molar-refractivity contribution in [1.29, 1.82) is 0 Å². The molecule has 4 nitrogen and oxygen atoms in total. The molecule has 0 aromatic heterocycles. The smallest absolute Gasteiger partial charge is 0.418 e. The van der Waals surface area contributed by atoms with E-state index >= 15 is 0 Å². The SMILES string of the molecule is CN(C)CC(C)(C)c1ccccc1OC(=O)OCCl. The maximum Gasteiger partial charge on any atom is 0.515 e. The summed E-state index contributed by atoms with van der Waals surface area (Å²) >= 11 is 5.33. The van der Waals surface area contributed by atoms with E-state index in [-0.39, 0.29) is 11.5 Å². The number of carbonyl (C=O) groups excluding carboxylic acids is 1. The number of hydrogen-bond acceptors (Lipinski definition) is 4. The molecule has 0 aliphatic rings. The fourth-order valence-electron chi connectivity index (χ4n) is 2.15. The number of alkyl halides is 1. The Morgan fingerprint density at radius 1 is 1.32 bits per heavy atom. The van der Waals surface area contributed by atoms with Gasteiger partial charge in [0.1, 0.15) is 5.75 Å². The first-order chi connectivity index (χ1) is 8.86. The zero-order valence-electron chi connectivity index (χ0n) is 11.8. The topological polar surface area (TPSA) is 38.8 Å². The first kappa shape index (κ1) is 15.8. The first-order valence-corrected chi connectivity index (χ1v) is 6.55. The normalized spacial score (nSPS) is 11.5. The molecule has 106 valence electrons. The largest absolute Gasteiger partial charge is 0.515 e. The van der Waals surface area contributed by atoms with Crippen LogP contribution in [0.3, 0.4) is 0 Å². The van der Waals surface area contributed by atoms with Gasteiger partial charge in [0, 0.05) is 17.5 Å². The highest BCUT2D eigenvalue weighted by atomic mass is 35.5. The van der Waals surface area contributed by atoms with Gasteiger partial charge in [-0.15, -0.1) is 0 Å². The van der Waals surface area contributed by atoms with E-state index in [1.807, 2.05) is 32.3 Å². The van der Waals surface area contributed by atoms with Crippen LogP contribution in [0.4, 0.5) is 4.79 Å². The lowest BCUT2D eigenvalue weighted by molar-refractivity contribution is 0.114. The number of para-hydroxylation sites is 1. The third-order valence-electron chi connectivity index (χ3n) is 2.69. The van der Waals surface area contributed by atoms with Crippen molar-refractivity contribution in [3.05, 3.63) is 29.8 Å². The molecule has 0 bridgehead atoms. The second-order valence-electron chi connectivity index (χ2n) is 5.22. The van der Waals surface area contributed by atoms with E-state index in [9.17, 15) is 4.79 Å². The number of hydrogen-bond donors (Lipinski definition) is 0. The highest BCUT2D eigenvalue weighted by Gasteiger charge is 2.26. The summed E-state index contributed by atoms with van der Waals surface area (Å²) in [6.07, 6.45) is -0.789. The van der Waals surface area contributed by atoms with Gasteiger partial charge < -0.3 is 14.4 Å². The lowest BCUT2D eigenvalue weighted by Crippen LogP contribution is -2.32. The predicted octanol–water partition coefficient (Wildman–Crippen LogP) is 3.24. The Balaban J connectivity index is 2.98. The maximum atomic E-state index is 11.4. The van der Waals surface area contributed by atoms with Gasteiger partial charge in [-0.3, -0.25) is 0 Å². The van der Waals surface area contributed by atoms with Crippen LogP contribution in [0.25, 0.3) is 0 Å². The third-order valence-corrected chi connectivity index (χ3v) is 2.80. The Bertz CT molecular complexity index is 432. The van der Waals surface area contributed by atoms with Crippen molar-refractivity contribution in [2.75, 3.05) is 26.7 Å². The minimum absolute atomic E-state index is 0.151. The van der Waals surface area contributed by atoms with Crippen LogP contribution in [0.5, 0.6) is 5.75 Å². The number of benzene rings is 1. The number of halogens is 1. The van der Waals surface area contributed by atoms with Gasteiger partial charge >= 0.3 is 6.16 Å². The van der Waals surface area contributed by atoms with Crippen molar-refractivity contribution in [3.63, 3.8) is 0 Å². The van der Waals surface area contributed by atoms with Gasteiger partial charge in [-0.25, -0.2) is 4.79 Å². The average molecular weight is 286 g/mol. The Hall–Kier alpha value is -1.26. The number of rotatable bonds is 5. The van der Waals surface area contributed by atoms with Crippen LogP contribution >= 0.6 is 11.6 Å². The van der Waals surface area contributed by atoms with Crippen LogP contribution < -0.4 is 4.74 Å². The van der Waals surface area contributed by atoms with E-state index in [1.165, 1.54) is 0 Å². The van der Waals surface area contributed by atoms with Crippen molar-refractivity contribution in [3.8, 4) is 5.75 Å². The summed E-state index contributed by atoms with van der Waals surface area (Å²) in [5, 5.41) is 0. The fourth-order valence-corrected chi connectivity index (χ4v) is 2.24. The fraction of sp³-hybridized carbons (Fsp3) is 0.500. The lowest BCUT2D eigenvalue weighted by Gasteiger charge is -2.30. The second-order valence-corrected chi connectivity index (χ2v) is 5.44. The van der Waals surface area contributed by atoms with Gasteiger partial charge in [0.25, 0.3) is 0 Å². The first-order valence-electron chi connectivity index (χ1n) is 6.01. The summed E-state index contributed by atoms with van der Waals surface area (Å²) < 4.78 is 9.78. The van der Waals surface area contributed by atoms with Crippen molar-refractivity contribution in [1.82, 2.24) is 4.90 Å². The Labute approximate surface area is 119 Å². The summed E-state index contributed by atoms with van der Waals surface area (Å²) in [6.45, 7) is 5.03. The Morgan fingerprint density at radius 3 is 2.53 bits per heavy atom. The number of ether oxygens (including phenoxy) is 2. The van der Waals surface area contributed by atoms with Gasteiger partial charge in [0.15, 0.2) is 6.07 Å². The van der Waals surface area contributed by atoms with Crippen molar-refractivity contribution in [2.24, 2.45) is 0 Å². The monoisotopic (exact) mass is 285 g/mol. The van der Waals surface area contributed by atoms with E-state index < -0.39 is 6.16 Å². The van der Waals surface area contributed by atoms with Gasteiger partial charge in [0.05, 0.1) is 0 Å². The highest BCUT2D eigenvalue weighted by Crippen LogP contribution is 2.32. The molecule has 0 spiro atoms. The van der Waals surface area contributed by atoms with E-state index in [0.717, 1.165) is 12.1 Å². The number of carbonyl (C=O) groups is 1. The average Bonchev–Trinajstić information content (AvgIpc) is 2.28. The zero-order chi connectivity index (χ0) is 14.5. The van der Waals surface area contributed by atoms with Crippen molar-refractivity contribution < 1.29 is 14.3 Å². The van der Waals surface area contributed by atoms with E-state index in [0.29, 0.717) is 5.75 Å². The molecule has 0 atom stereocenters. The summed E-state index contributed by atoms with van der Waals surface area (Å²) in [7, 11) is 4.01. The molecule has 1 aromatic carbocycles. The van der Waals surface area contributed by atoms with Gasteiger partial charge in [-0.05, 0) is 20.2 Å². The van der Waals surface area contributed by atoms with Crippen LogP contribution in [-0.4, -0.2) is 37.8 Å². The number of likely N-dealkylation sites (N-methyl/N-ethyl adjacent to an activating group) is 1. The van der Waals surface area contributed by atoms with E-state index in [2.05, 4.69) is 23.5 Å². The van der Waals surface area contributed by atoms with Gasteiger partial charge in [0.2, 0.25) is 0 Å². The summed E-state index contributed by atoms with van der Waals surface area (Å²) in [4.78, 5) is 13.5. The standard InChI is InChI=1S/C14H20ClNO3/c1-14(2,9-16(3)4)11-7-5-6-8-12(11)19-13(17)18-10-15/h5-8H,9-10H2,1-4H3. The molecule has 0 N–H and O–H groups in total. The molecule has 0 radical (unpaired) electrons. The van der Waals surface area contributed by atoms with Crippen molar-refractivity contribution in [2.45, 2.75) is 19.3 Å². The van der Waals surface area contributed by atoms with Crippen LogP contribution in [0.15, 0.2) is 24.3 Å². The molecular formula is C14H20ClNO3. The molecule has 0 unspecified atom stereocenters. The van der Waals surface area contributed by atoms with Crippen LogP contribution in [0.2, 0.25) is 0 Å². The Kier molecular flexibility index (Phi) is 5.63. The summed E-state index contributed by atoms with van der Waals surface area (Å²) in [6, 6.07) is 7.22. The van der Waals surface area contributed by atoms with Crippen LogP contribution in [0.1, 0.15) is 19.4 Å². The minimum atomic E-state index is -0.789.